The molecule has 0 N–H and O–H groups in total. The summed E-state index contributed by atoms with van der Waals surface area (Å²) < 4.78 is 21.7. The highest BCUT2D eigenvalue weighted by molar-refractivity contribution is 5.87. The molecule has 0 amide bonds. The Morgan fingerprint density at radius 1 is 0.923 bits per heavy atom. The van der Waals surface area contributed by atoms with E-state index in [1.165, 1.54) is 33.8 Å². The summed E-state index contributed by atoms with van der Waals surface area (Å²) >= 11 is 0. The van der Waals surface area contributed by atoms with E-state index in [1.54, 1.807) is 0 Å². The predicted molar refractivity (Wildman–Crippen MR) is 141 cm³/mol. The Balaban J connectivity index is 1.74. The molecule has 6 aliphatic carbocycles. The molecular formula is C31H42O8. The van der Waals surface area contributed by atoms with Crippen molar-refractivity contribution in [3.63, 3.8) is 0 Å². The summed E-state index contributed by atoms with van der Waals surface area (Å²) in [4.78, 5) is 52.3. The number of ether oxygens (including phenoxy) is 4. The standard InChI is InChI=1S/C31H42O8/c1-17(25(33)36-5)20-8-9-21-28(20,3)12-11-22-29(4)13-10-19(39-18(2)32)16-30(29)14-15-31(21,22)24(27(35)38-7)23(30)26(34)37-6/h11,14-15,17,19-21,23-24H,8-10,12-13,16H2,1-7H3/t17-,19-,20+,21-,23+,24-,28-,29-,30-,31-/m1/s1. The van der Waals surface area contributed by atoms with Crippen LogP contribution in [0, 0.1) is 51.2 Å². The number of methoxy groups -OCH3 is 3. The molecule has 6 rings (SSSR count). The van der Waals surface area contributed by atoms with Crippen LogP contribution in [0.2, 0.25) is 0 Å². The molecule has 2 spiro atoms. The first-order valence-corrected chi connectivity index (χ1v) is 14.2. The van der Waals surface area contributed by atoms with Gasteiger partial charge in [-0.1, -0.05) is 44.6 Å². The molecule has 0 heterocycles. The monoisotopic (exact) mass is 542 g/mol. The quantitative estimate of drug-likeness (QED) is 0.286. The van der Waals surface area contributed by atoms with Crippen molar-refractivity contribution in [2.24, 2.45) is 51.2 Å². The number of hydrogen-bond donors (Lipinski definition) is 0. The number of carbonyl (C=O) groups excluding carboxylic acids is 4. The average Bonchev–Trinajstić information content (AvgIpc) is 3.27. The molecule has 0 aliphatic heterocycles. The molecule has 0 saturated heterocycles. The smallest absolute Gasteiger partial charge is 0.310 e. The molecule has 214 valence electrons. The third-order valence-electron chi connectivity index (χ3n) is 11.8. The van der Waals surface area contributed by atoms with Gasteiger partial charge in [0, 0.05) is 17.8 Å². The Morgan fingerprint density at radius 3 is 2.21 bits per heavy atom. The topological polar surface area (TPSA) is 105 Å². The SMILES string of the molecule is COC(=O)[C@@H]1[C@H](C(=O)OC)[C@@]23C=C[C@@]14C[C@H](OC(C)=O)CC[C@]4(C)C2=CC[C@@]1(C)[C@H]3CC[C@H]1[C@@H](C)C(=O)OC. The van der Waals surface area contributed by atoms with Crippen molar-refractivity contribution in [3.05, 3.63) is 23.8 Å². The lowest BCUT2D eigenvalue weighted by Gasteiger charge is -2.72. The van der Waals surface area contributed by atoms with E-state index in [0.717, 1.165) is 25.7 Å². The fraction of sp³-hybridized carbons (Fsp3) is 0.742. The van der Waals surface area contributed by atoms with Crippen LogP contribution in [-0.4, -0.2) is 51.3 Å². The number of rotatable bonds is 5. The van der Waals surface area contributed by atoms with Gasteiger partial charge in [-0.25, -0.2) is 0 Å². The molecule has 0 aromatic heterocycles. The van der Waals surface area contributed by atoms with Crippen molar-refractivity contribution >= 4 is 23.9 Å². The van der Waals surface area contributed by atoms with Gasteiger partial charge >= 0.3 is 23.9 Å². The molecule has 2 bridgehead atoms. The molecule has 0 aromatic rings. The summed E-state index contributed by atoms with van der Waals surface area (Å²) in [7, 11) is 4.17. The fourth-order valence-electron chi connectivity index (χ4n) is 10.3. The van der Waals surface area contributed by atoms with Crippen LogP contribution in [0.4, 0.5) is 0 Å². The minimum absolute atomic E-state index is 0.0240. The van der Waals surface area contributed by atoms with Crippen LogP contribution in [-0.2, 0) is 38.1 Å². The first-order chi connectivity index (χ1) is 18.4. The number of esters is 4. The van der Waals surface area contributed by atoms with Gasteiger partial charge in [-0.2, -0.15) is 0 Å². The molecule has 10 atom stereocenters. The second kappa shape index (κ2) is 9.20. The molecule has 3 fully saturated rings. The van der Waals surface area contributed by atoms with Gasteiger partial charge in [0.1, 0.15) is 6.10 Å². The highest BCUT2D eigenvalue weighted by Crippen LogP contribution is 2.80. The summed E-state index contributed by atoms with van der Waals surface area (Å²) in [6.45, 7) is 7.80. The van der Waals surface area contributed by atoms with Gasteiger partial charge in [-0.05, 0) is 61.2 Å². The second-order valence-electron chi connectivity index (χ2n) is 13.0. The Labute approximate surface area is 230 Å². The van der Waals surface area contributed by atoms with Crippen LogP contribution in [0.5, 0.6) is 0 Å². The van der Waals surface area contributed by atoms with Crippen LogP contribution in [0.1, 0.15) is 66.2 Å². The average molecular weight is 543 g/mol. The van der Waals surface area contributed by atoms with E-state index in [1.807, 2.05) is 6.92 Å². The maximum Gasteiger partial charge on any atom is 0.310 e. The number of carbonyl (C=O) groups is 4. The maximum atomic E-state index is 13.9. The van der Waals surface area contributed by atoms with Gasteiger partial charge in [0.15, 0.2) is 0 Å². The van der Waals surface area contributed by atoms with E-state index in [9.17, 15) is 19.2 Å². The summed E-state index contributed by atoms with van der Waals surface area (Å²) in [5.41, 5.74) is -1.03. The lowest BCUT2D eigenvalue weighted by Crippen LogP contribution is -2.71. The minimum atomic E-state index is -0.792. The van der Waals surface area contributed by atoms with Gasteiger partial charge < -0.3 is 18.9 Å². The van der Waals surface area contributed by atoms with E-state index in [0.29, 0.717) is 12.8 Å². The Bertz CT molecular complexity index is 1160. The summed E-state index contributed by atoms with van der Waals surface area (Å²) in [6, 6.07) is 0. The van der Waals surface area contributed by atoms with Gasteiger partial charge in [0.2, 0.25) is 0 Å². The molecular weight excluding hydrogens is 500 g/mol. The van der Waals surface area contributed by atoms with E-state index in [4.69, 9.17) is 18.9 Å². The third-order valence-corrected chi connectivity index (χ3v) is 11.8. The van der Waals surface area contributed by atoms with Crippen molar-refractivity contribution in [1.82, 2.24) is 0 Å². The van der Waals surface area contributed by atoms with Crippen molar-refractivity contribution in [1.29, 1.82) is 0 Å². The largest absolute Gasteiger partial charge is 0.469 e. The second-order valence-corrected chi connectivity index (χ2v) is 13.0. The van der Waals surface area contributed by atoms with E-state index < -0.39 is 40.0 Å². The Hall–Kier alpha value is -2.64. The predicted octanol–water partition coefficient (Wildman–Crippen LogP) is 4.41. The molecule has 8 heteroatoms. The first-order valence-electron chi connectivity index (χ1n) is 14.2. The highest BCUT2D eigenvalue weighted by Gasteiger charge is 2.78. The normalized spacial score (nSPS) is 44.2. The summed E-state index contributed by atoms with van der Waals surface area (Å²) in [5, 5.41) is 0. The van der Waals surface area contributed by atoms with Gasteiger partial charge in [-0.15, -0.1) is 0 Å². The van der Waals surface area contributed by atoms with Crippen molar-refractivity contribution in [2.45, 2.75) is 72.3 Å². The molecule has 0 radical (unpaired) electrons. The van der Waals surface area contributed by atoms with Crippen LogP contribution < -0.4 is 0 Å². The Kier molecular flexibility index (Phi) is 6.58. The molecule has 8 nitrogen and oxygen atoms in total. The Morgan fingerprint density at radius 2 is 1.59 bits per heavy atom. The van der Waals surface area contributed by atoms with E-state index >= 15 is 0 Å². The third kappa shape index (κ3) is 3.41. The maximum absolute atomic E-state index is 13.9. The molecule has 0 aromatic carbocycles. The molecule has 39 heavy (non-hydrogen) atoms. The summed E-state index contributed by atoms with van der Waals surface area (Å²) in [6.07, 6.45) is 10.6. The zero-order valence-electron chi connectivity index (χ0n) is 24.2. The lowest BCUT2D eigenvalue weighted by molar-refractivity contribution is -0.201. The van der Waals surface area contributed by atoms with Gasteiger partial charge in [0.25, 0.3) is 0 Å². The molecule has 6 aliphatic rings. The fourth-order valence-corrected chi connectivity index (χ4v) is 10.3. The number of hydrogen-bond acceptors (Lipinski definition) is 8. The lowest BCUT2D eigenvalue weighted by atomic mass is 9.30. The van der Waals surface area contributed by atoms with Gasteiger partial charge in [-0.3, -0.25) is 19.2 Å². The highest BCUT2D eigenvalue weighted by atomic mass is 16.5. The van der Waals surface area contributed by atoms with Crippen molar-refractivity contribution in [2.75, 3.05) is 21.3 Å². The van der Waals surface area contributed by atoms with Crippen molar-refractivity contribution in [3.8, 4) is 0 Å². The van der Waals surface area contributed by atoms with Gasteiger partial charge in [0.05, 0.1) is 39.1 Å². The zero-order valence-corrected chi connectivity index (χ0v) is 24.2. The van der Waals surface area contributed by atoms with Crippen LogP contribution in [0.25, 0.3) is 0 Å². The van der Waals surface area contributed by atoms with E-state index in [2.05, 4.69) is 32.1 Å². The van der Waals surface area contributed by atoms with Crippen molar-refractivity contribution < 1.29 is 38.1 Å². The zero-order chi connectivity index (χ0) is 28.5. The van der Waals surface area contributed by atoms with Crippen LogP contribution >= 0.6 is 0 Å². The number of fused-ring (bicyclic) bond motifs is 2. The molecule has 3 saturated carbocycles. The van der Waals surface area contributed by atoms with E-state index in [-0.39, 0.29) is 41.2 Å². The summed E-state index contributed by atoms with van der Waals surface area (Å²) in [5.74, 6) is -3.20. The van der Waals surface area contributed by atoms with Crippen LogP contribution in [0.3, 0.4) is 0 Å². The minimum Gasteiger partial charge on any atom is -0.469 e. The van der Waals surface area contributed by atoms with Crippen LogP contribution in [0.15, 0.2) is 23.8 Å². The molecule has 0 unspecified atom stereocenters. The first kappa shape index (κ1) is 27.9. The number of allylic oxidation sites excluding steroid dienone is 4.